The van der Waals surface area contributed by atoms with Crippen molar-refractivity contribution in [2.45, 2.75) is 13.5 Å². The minimum absolute atomic E-state index is 0.413. The maximum atomic E-state index is 11.2. The van der Waals surface area contributed by atoms with Gasteiger partial charge in [-0.2, -0.15) is 0 Å². The zero-order valence-electron chi connectivity index (χ0n) is 9.98. The molecule has 1 N–H and O–H groups in total. The number of carbonyl (C=O) groups is 1. The van der Waals surface area contributed by atoms with Crippen LogP contribution in [0.15, 0.2) is 18.2 Å². The van der Waals surface area contributed by atoms with Crippen molar-refractivity contribution in [3.63, 3.8) is 0 Å². The van der Waals surface area contributed by atoms with Crippen molar-refractivity contribution in [2.75, 3.05) is 26.3 Å². The van der Waals surface area contributed by atoms with E-state index in [-0.39, 0.29) is 0 Å². The standard InChI is InChI=1S/C13H17NO3/c1-10-2-3-11(12(8-10)13(15)16)9-14-4-6-17-7-5-14/h2-3,8H,4-7,9H2,1H3,(H,15,16). The van der Waals surface area contributed by atoms with Crippen LogP contribution in [-0.2, 0) is 11.3 Å². The molecule has 1 aliphatic rings. The summed E-state index contributed by atoms with van der Waals surface area (Å²) in [4.78, 5) is 13.4. The first-order chi connectivity index (χ1) is 8.16. The molecule has 1 fully saturated rings. The lowest BCUT2D eigenvalue weighted by Gasteiger charge is -2.27. The van der Waals surface area contributed by atoms with Crippen LogP contribution in [0.5, 0.6) is 0 Å². The number of carboxylic acid groups (broad SMARTS) is 1. The van der Waals surface area contributed by atoms with Gasteiger partial charge in [0, 0.05) is 19.6 Å². The van der Waals surface area contributed by atoms with Gasteiger partial charge in [-0.1, -0.05) is 17.7 Å². The second kappa shape index (κ2) is 5.29. The van der Waals surface area contributed by atoms with E-state index in [1.165, 1.54) is 0 Å². The largest absolute Gasteiger partial charge is 0.478 e. The van der Waals surface area contributed by atoms with Crippen molar-refractivity contribution in [1.82, 2.24) is 4.90 Å². The Bertz CT molecular complexity index is 411. The molecule has 1 heterocycles. The van der Waals surface area contributed by atoms with Gasteiger partial charge in [0.1, 0.15) is 0 Å². The normalized spacial score (nSPS) is 17.0. The molecule has 0 aliphatic carbocycles. The molecule has 0 radical (unpaired) electrons. The molecule has 1 saturated heterocycles. The molecule has 0 spiro atoms. The summed E-state index contributed by atoms with van der Waals surface area (Å²) in [5.41, 5.74) is 2.27. The van der Waals surface area contributed by atoms with Gasteiger partial charge < -0.3 is 9.84 Å². The van der Waals surface area contributed by atoms with Crippen molar-refractivity contribution in [2.24, 2.45) is 0 Å². The van der Waals surface area contributed by atoms with Crippen molar-refractivity contribution in [1.29, 1.82) is 0 Å². The third-order valence-electron chi connectivity index (χ3n) is 2.99. The summed E-state index contributed by atoms with van der Waals surface area (Å²) in [6, 6.07) is 5.61. The second-order valence-corrected chi connectivity index (χ2v) is 4.35. The summed E-state index contributed by atoms with van der Waals surface area (Å²) in [6.07, 6.45) is 0. The van der Waals surface area contributed by atoms with Gasteiger partial charge in [0.2, 0.25) is 0 Å². The molecule has 2 rings (SSSR count). The zero-order valence-corrected chi connectivity index (χ0v) is 9.98. The molecule has 1 aliphatic heterocycles. The summed E-state index contributed by atoms with van der Waals surface area (Å²) in [5, 5.41) is 9.18. The molecule has 0 saturated carbocycles. The molecular formula is C13H17NO3. The van der Waals surface area contributed by atoms with E-state index in [1.807, 2.05) is 19.1 Å². The molecule has 0 bridgehead atoms. The van der Waals surface area contributed by atoms with E-state index in [9.17, 15) is 9.90 Å². The Morgan fingerprint density at radius 2 is 2.12 bits per heavy atom. The summed E-state index contributed by atoms with van der Waals surface area (Å²) < 4.78 is 5.28. The van der Waals surface area contributed by atoms with Crippen molar-refractivity contribution in [3.05, 3.63) is 34.9 Å². The van der Waals surface area contributed by atoms with Gasteiger partial charge in [-0.15, -0.1) is 0 Å². The van der Waals surface area contributed by atoms with E-state index in [4.69, 9.17) is 4.74 Å². The van der Waals surface area contributed by atoms with Crippen LogP contribution in [0.2, 0.25) is 0 Å². The topological polar surface area (TPSA) is 49.8 Å². The third-order valence-corrected chi connectivity index (χ3v) is 2.99. The molecule has 17 heavy (non-hydrogen) atoms. The summed E-state index contributed by atoms with van der Waals surface area (Å²) >= 11 is 0. The average Bonchev–Trinajstić information content (AvgIpc) is 2.32. The molecule has 0 atom stereocenters. The highest BCUT2D eigenvalue weighted by molar-refractivity contribution is 5.89. The molecule has 4 nitrogen and oxygen atoms in total. The summed E-state index contributed by atoms with van der Waals surface area (Å²) in [5.74, 6) is -0.850. The van der Waals surface area contributed by atoms with E-state index in [2.05, 4.69) is 4.90 Å². The maximum absolute atomic E-state index is 11.2. The molecule has 0 amide bonds. The number of aryl methyl sites for hydroxylation is 1. The lowest BCUT2D eigenvalue weighted by Crippen LogP contribution is -2.36. The highest BCUT2D eigenvalue weighted by Crippen LogP contribution is 2.15. The van der Waals surface area contributed by atoms with Crippen molar-refractivity contribution in [3.8, 4) is 0 Å². The fourth-order valence-corrected chi connectivity index (χ4v) is 2.03. The first kappa shape index (κ1) is 12.1. The predicted molar refractivity (Wildman–Crippen MR) is 64.2 cm³/mol. The molecule has 92 valence electrons. The van der Waals surface area contributed by atoms with Gasteiger partial charge in [-0.25, -0.2) is 4.79 Å². The average molecular weight is 235 g/mol. The Morgan fingerprint density at radius 1 is 1.41 bits per heavy atom. The van der Waals surface area contributed by atoms with E-state index >= 15 is 0 Å². The lowest BCUT2D eigenvalue weighted by molar-refractivity contribution is 0.0339. The van der Waals surface area contributed by atoms with Crippen LogP contribution in [-0.4, -0.2) is 42.3 Å². The third kappa shape index (κ3) is 3.05. The highest BCUT2D eigenvalue weighted by Gasteiger charge is 2.15. The van der Waals surface area contributed by atoms with Gasteiger partial charge in [0.05, 0.1) is 18.8 Å². The van der Waals surface area contributed by atoms with E-state index < -0.39 is 5.97 Å². The zero-order chi connectivity index (χ0) is 12.3. The fraction of sp³-hybridized carbons (Fsp3) is 0.462. The Kier molecular flexibility index (Phi) is 3.76. The van der Waals surface area contributed by atoms with Crippen LogP contribution in [0, 0.1) is 6.92 Å². The number of carboxylic acids is 1. The first-order valence-electron chi connectivity index (χ1n) is 5.80. The van der Waals surface area contributed by atoms with Crippen LogP contribution in [0.3, 0.4) is 0 Å². The van der Waals surface area contributed by atoms with Crippen LogP contribution in [0.25, 0.3) is 0 Å². The van der Waals surface area contributed by atoms with E-state index in [1.54, 1.807) is 6.07 Å². The minimum atomic E-state index is -0.850. The van der Waals surface area contributed by atoms with Gasteiger partial charge in [0.25, 0.3) is 0 Å². The number of morpholine rings is 1. The number of aromatic carboxylic acids is 1. The minimum Gasteiger partial charge on any atom is -0.478 e. The highest BCUT2D eigenvalue weighted by atomic mass is 16.5. The van der Waals surface area contributed by atoms with Crippen LogP contribution in [0.4, 0.5) is 0 Å². The quantitative estimate of drug-likeness (QED) is 0.863. The molecular weight excluding hydrogens is 218 g/mol. The Labute approximate surface area is 101 Å². The van der Waals surface area contributed by atoms with Crippen molar-refractivity contribution < 1.29 is 14.6 Å². The SMILES string of the molecule is Cc1ccc(CN2CCOCC2)c(C(=O)O)c1. The number of rotatable bonds is 3. The molecule has 0 unspecified atom stereocenters. The number of nitrogens with zero attached hydrogens (tertiary/aromatic N) is 1. The molecule has 4 heteroatoms. The first-order valence-corrected chi connectivity index (χ1v) is 5.80. The van der Waals surface area contributed by atoms with Gasteiger partial charge in [0.15, 0.2) is 0 Å². The number of hydrogen-bond acceptors (Lipinski definition) is 3. The number of hydrogen-bond donors (Lipinski definition) is 1. The lowest BCUT2D eigenvalue weighted by atomic mass is 10.0. The van der Waals surface area contributed by atoms with E-state index in [0.717, 1.165) is 37.4 Å². The summed E-state index contributed by atoms with van der Waals surface area (Å²) in [6.45, 7) is 5.79. The molecule has 1 aromatic rings. The van der Waals surface area contributed by atoms with Gasteiger partial charge >= 0.3 is 5.97 Å². The van der Waals surface area contributed by atoms with Crippen LogP contribution in [0.1, 0.15) is 21.5 Å². The monoisotopic (exact) mass is 235 g/mol. The van der Waals surface area contributed by atoms with Gasteiger partial charge in [-0.3, -0.25) is 4.90 Å². The van der Waals surface area contributed by atoms with Crippen LogP contribution >= 0.6 is 0 Å². The number of benzene rings is 1. The molecule has 0 aromatic heterocycles. The number of ether oxygens (including phenoxy) is 1. The Balaban J connectivity index is 2.16. The van der Waals surface area contributed by atoms with Crippen LogP contribution < -0.4 is 0 Å². The fourth-order valence-electron chi connectivity index (χ4n) is 2.03. The smallest absolute Gasteiger partial charge is 0.336 e. The predicted octanol–water partition coefficient (Wildman–Crippen LogP) is 1.53. The maximum Gasteiger partial charge on any atom is 0.336 e. The van der Waals surface area contributed by atoms with Gasteiger partial charge in [-0.05, 0) is 18.6 Å². The summed E-state index contributed by atoms with van der Waals surface area (Å²) in [7, 11) is 0. The van der Waals surface area contributed by atoms with E-state index in [0.29, 0.717) is 12.1 Å². The Hall–Kier alpha value is -1.39. The second-order valence-electron chi connectivity index (χ2n) is 4.35. The Morgan fingerprint density at radius 3 is 2.76 bits per heavy atom. The van der Waals surface area contributed by atoms with Crippen molar-refractivity contribution >= 4 is 5.97 Å². The molecule has 1 aromatic carbocycles.